The zero-order valence-electron chi connectivity index (χ0n) is 11.7. The van der Waals surface area contributed by atoms with Crippen molar-refractivity contribution < 1.29 is 9.59 Å². The third kappa shape index (κ3) is 4.07. The number of hydrogen-bond acceptors (Lipinski definition) is 3. The summed E-state index contributed by atoms with van der Waals surface area (Å²) < 4.78 is 0. The number of carbonyl (C=O) groups is 2. The second-order valence-electron chi connectivity index (χ2n) is 4.68. The van der Waals surface area contributed by atoms with Crippen molar-refractivity contribution in [2.45, 2.75) is 0 Å². The fourth-order valence-corrected chi connectivity index (χ4v) is 1.94. The summed E-state index contributed by atoms with van der Waals surface area (Å²) in [6.45, 7) is 0.213. The Bertz CT molecular complexity index is 641. The molecular weight excluding hydrogens is 266 g/mol. The van der Waals surface area contributed by atoms with E-state index < -0.39 is 5.91 Å². The number of para-hydroxylation sites is 1. The van der Waals surface area contributed by atoms with Gasteiger partial charge in [-0.2, -0.15) is 0 Å². The predicted molar refractivity (Wildman–Crippen MR) is 83.3 cm³/mol. The molecular formula is C16H17N3O2. The summed E-state index contributed by atoms with van der Waals surface area (Å²) in [4.78, 5) is 25.0. The van der Waals surface area contributed by atoms with Crippen molar-refractivity contribution >= 4 is 23.2 Å². The zero-order valence-corrected chi connectivity index (χ0v) is 11.7. The third-order valence-corrected chi connectivity index (χ3v) is 3.01. The first-order valence-corrected chi connectivity index (χ1v) is 6.52. The summed E-state index contributed by atoms with van der Waals surface area (Å²) in [7, 11) is 1.84. The van der Waals surface area contributed by atoms with Gasteiger partial charge in [0.25, 0.3) is 0 Å². The number of likely N-dealkylation sites (N-methyl/N-ethyl adjacent to an activating group) is 1. The molecule has 0 saturated heterocycles. The Balaban J connectivity index is 1.99. The summed E-state index contributed by atoms with van der Waals surface area (Å²) >= 11 is 0. The average molecular weight is 283 g/mol. The van der Waals surface area contributed by atoms with E-state index >= 15 is 0 Å². The van der Waals surface area contributed by atoms with E-state index in [1.165, 1.54) is 0 Å². The van der Waals surface area contributed by atoms with E-state index in [0.717, 1.165) is 5.69 Å². The van der Waals surface area contributed by atoms with Crippen LogP contribution in [0.5, 0.6) is 0 Å². The maximum absolute atomic E-state index is 12.0. The molecule has 0 unspecified atom stereocenters. The molecule has 0 aromatic heterocycles. The number of rotatable bonds is 5. The highest BCUT2D eigenvalue weighted by molar-refractivity contribution is 5.97. The second kappa shape index (κ2) is 6.56. The van der Waals surface area contributed by atoms with Crippen LogP contribution in [0.25, 0.3) is 0 Å². The number of nitrogens with two attached hydrogens (primary N) is 1. The average Bonchev–Trinajstić information content (AvgIpc) is 2.48. The lowest BCUT2D eigenvalue weighted by atomic mass is 10.2. The molecule has 21 heavy (non-hydrogen) atoms. The Morgan fingerprint density at radius 1 is 1.10 bits per heavy atom. The highest BCUT2D eigenvalue weighted by Gasteiger charge is 2.08. The number of amides is 2. The summed E-state index contributed by atoms with van der Waals surface area (Å²) in [6, 6.07) is 16.2. The van der Waals surface area contributed by atoms with Crippen LogP contribution in [0.15, 0.2) is 54.6 Å². The SMILES string of the molecule is CN(CC(=O)Nc1cccc(C(N)=O)c1)c1ccccc1. The summed E-state index contributed by atoms with van der Waals surface area (Å²) in [5.41, 5.74) is 7.09. The van der Waals surface area contributed by atoms with Gasteiger partial charge in [0.05, 0.1) is 6.54 Å². The number of hydrogen-bond donors (Lipinski definition) is 2. The van der Waals surface area contributed by atoms with Gasteiger partial charge in [-0.25, -0.2) is 0 Å². The van der Waals surface area contributed by atoms with Crippen LogP contribution in [-0.2, 0) is 4.79 Å². The monoisotopic (exact) mass is 283 g/mol. The smallest absolute Gasteiger partial charge is 0.248 e. The van der Waals surface area contributed by atoms with Crippen molar-refractivity contribution in [1.29, 1.82) is 0 Å². The van der Waals surface area contributed by atoms with Crippen LogP contribution in [0.2, 0.25) is 0 Å². The quantitative estimate of drug-likeness (QED) is 0.879. The van der Waals surface area contributed by atoms with Crippen LogP contribution >= 0.6 is 0 Å². The minimum Gasteiger partial charge on any atom is -0.366 e. The number of nitrogens with zero attached hydrogens (tertiary/aromatic N) is 1. The lowest BCUT2D eigenvalue weighted by molar-refractivity contribution is -0.114. The summed E-state index contributed by atoms with van der Waals surface area (Å²) in [5.74, 6) is -0.685. The number of nitrogens with one attached hydrogen (secondary N) is 1. The molecule has 0 aliphatic heterocycles. The fraction of sp³-hybridized carbons (Fsp3) is 0.125. The van der Waals surface area contributed by atoms with E-state index in [0.29, 0.717) is 11.3 Å². The van der Waals surface area contributed by atoms with Gasteiger partial charge >= 0.3 is 0 Å². The van der Waals surface area contributed by atoms with Crippen molar-refractivity contribution in [2.75, 3.05) is 23.8 Å². The molecule has 0 spiro atoms. The normalized spacial score (nSPS) is 9.95. The van der Waals surface area contributed by atoms with Crippen molar-refractivity contribution in [3.05, 3.63) is 60.2 Å². The molecule has 3 N–H and O–H groups in total. The van der Waals surface area contributed by atoms with E-state index in [2.05, 4.69) is 5.32 Å². The molecule has 0 atom stereocenters. The molecule has 2 amide bonds. The van der Waals surface area contributed by atoms with Crippen molar-refractivity contribution in [3.63, 3.8) is 0 Å². The van der Waals surface area contributed by atoms with E-state index in [1.54, 1.807) is 24.3 Å². The standard InChI is InChI=1S/C16H17N3O2/c1-19(14-8-3-2-4-9-14)11-15(20)18-13-7-5-6-12(10-13)16(17)21/h2-10H,11H2,1H3,(H2,17,21)(H,18,20). The first-order valence-electron chi connectivity index (χ1n) is 6.52. The number of primary amides is 1. The first-order chi connectivity index (χ1) is 10.1. The maximum atomic E-state index is 12.0. The van der Waals surface area contributed by atoms with E-state index in [9.17, 15) is 9.59 Å². The fourth-order valence-electron chi connectivity index (χ4n) is 1.94. The molecule has 5 heteroatoms. The van der Waals surface area contributed by atoms with Crippen LogP contribution in [0, 0.1) is 0 Å². The van der Waals surface area contributed by atoms with Crippen LogP contribution in [0.3, 0.4) is 0 Å². The molecule has 0 radical (unpaired) electrons. The van der Waals surface area contributed by atoms with E-state index in [-0.39, 0.29) is 12.5 Å². The molecule has 0 heterocycles. The van der Waals surface area contributed by atoms with Gasteiger partial charge in [-0.15, -0.1) is 0 Å². The summed E-state index contributed by atoms with van der Waals surface area (Å²) in [6.07, 6.45) is 0. The highest BCUT2D eigenvalue weighted by atomic mass is 16.2. The van der Waals surface area contributed by atoms with Gasteiger partial charge < -0.3 is 16.0 Å². The van der Waals surface area contributed by atoms with E-state index in [4.69, 9.17) is 5.73 Å². The van der Waals surface area contributed by atoms with Gasteiger partial charge in [0.15, 0.2) is 0 Å². The second-order valence-corrected chi connectivity index (χ2v) is 4.68. The van der Waals surface area contributed by atoms with Crippen LogP contribution in [0.1, 0.15) is 10.4 Å². The Labute approximate surface area is 123 Å². The third-order valence-electron chi connectivity index (χ3n) is 3.01. The lowest BCUT2D eigenvalue weighted by Crippen LogP contribution is -2.30. The molecule has 0 aliphatic carbocycles. The van der Waals surface area contributed by atoms with Gasteiger partial charge in [0.2, 0.25) is 11.8 Å². The van der Waals surface area contributed by atoms with E-state index in [1.807, 2.05) is 42.3 Å². The van der Waals surface area contributed by atoms with Gasteiger partial charge in [0.1, 0.15) is 0 Å². The lowest BCUT2D eigenvalue weighted by Gasteiger charge is -2.18. The molecule has 108 valence electrons. The van der Waals surface area contributed by atoms with Gasteiger partial charge in [0, 0.05) is 24.0 Å². The highest BCUT2D eigenvalue weighted by Crippen LogP contribution is 2.12. The van der Waals surface area contributed by atoms with Crippen LogP contribution in [-0.4, -0.2) is 25.4 Å². The maximum Gasteiger partial charge on any atom is 0.248 e. The number of anilines is 2. The topological polar surface area (TPSA) is 75.4 Å². The molecule has 2 aromatic carbocycles. The largest absolute Gasteiger partial charge is 0.366 e. The number of carbonyl (C=O) groups excluding carboxylic acids is 2. The van der Waals surface area contributed by atoms with Crippen LogP contribution < -0.4 is 16.0 Å². The van der Waals surface area contributed by atoms with Crippen molar-refractivity contribution in [1.82, 2.24) is 0 Å². The molecule has 0 bridgehead atoms. The van der Waals surface area contributed by atoms with Crippen molar-refractivity contribution in [2.24, 2.45) is 5.73 Å². The molecule has 2 aromatic rings. The van der Waals surface area contributed by atoms with Gasteiger partial charge in [-0.1, -0.05) is 24.3 Å². The molecule has 2 rings (SSSR count). The Morgan fingerprint density at radius 2 is 1.81 bits per heavy atom. The Morgan fingerprint density at radius 3 is 2.48 bits per heavy atom. The Kier molecular flexibility index (Phi) is 4.56. The molecule has 0 aliphatic rings. The van der Waals surface area contributed by atoms with Gasteiger partial charge in [-0.05, 0) is 30.3 Å². The van der Waals surface area contributed by atoms with Gasteiger partial charge in [-0.3, -0.25) is 9.59 Å². The molecule has 5 nitrogen and oxygen atoms in total. The zero-order chi connectivity index (χ0) is 15.2. The molecule has 0 saturated carbocycles. The summed E-state index contributed by atoms with van der Waals surface area (Å²) in [5, 5.41) is 2.75. The molecule has 0 fully saturated rings. The Hall–Kier alpha value is -2.82. The van der Waals surface area contributed by atoms with Crippen molar-refractivity contribution in [3.8, 4) is 0 Å². The first kappa shape index (κ1) is 14.6. The minimum atomic E-state index is -0.521. The predicted octanol–water partition coefficient (Wildman–Crippen LogP) is 1.86. The minimum absolute atomic E-state index is 0.164. The van der Waals surface area contributed by atoms with Crippen LogP contribution in [0.4, 0.5) is 11.4 Å². The number of benzene rings is 2.